The van der Waals surface area contributed by atoms with Crippen molar-refractivity contribution in [2.45, 2.75) is 33.6 Å². The minimum absolute atomic E-state index is 0.260. The minimum Gasteiger partial charge on any atom is -0.494 e. The van der Waals surface area contributed by atoms with Crippen molar-refractivity contribution in [2.24, 2.45) is 0 Å². The van der Waals surface area contributed by atoms with Crippen molar-refractivity contribution in [2.75, 3.05) is 18.5 Å². The summed E-state index contributed by atoms with van der Waals surface area (Å²) < 4.78 is 5.62. The molecule has 3 rings (SSSR count). The van der Waals surface area contributed by atoms with E-state index in [1.165, 1.54) is 4.90 Å². The molecule has 28 heavy (non-hydrogen) atoms. The van der Waals surface area contributed by atoms with Gasteiger partial charge in [-0.25, -0.2) is 0 Å². The van der Waals surface area contributed by atoms with Crippen molar-refractivity contribution in [3.05, 3.63) is 65.4 Å². The molecule has 0 bridgehead atoms. The second-order valence-electron chi connectivity index (χ2n) is 6.88. The highest BCUT2D eigenvalue weighted by molar-refractivity contribution is 6.36. The van der Waals surface area contributed by atoms with Gasteiger partial charge in [0.05, 0.1) is 12.2 Å². The third-order valence-electron chi connectivity index (χ3n) is 4.55. The fourth-order valence-electron chi connectivity index (χ4n) is 3.11. The third kappa shape index (κ3) is 4.09. The molecule has 0 atom stereocenters. The molecule has 0 aliphatic carbocycles. The van der Waals surface area contributed by atoms with Crippen molar-refractivity contribution < 1.29 is 14.3 Å². The van der Waals surface area contributed by atoms with Crippen LogP contribution in [-0.2, 0) is 9.59 Å². The fraction of sp³-hybridized carbons (Fsp3) is 0.304. The fourth-order valence-corrected chi connectivity index (χ4v) is 3.11. The Labute approximate surface area is 166 Å². The predicted molar refractivity (Wildman–Crippen MR) is 111 cm³/mol. The number of ether oxygens (including phenoxy) is 1. The quantitative estimate of drug-likeness (QED) is 0.692. The lowest BCUT2D eigenvalue weighted by atomic mass is 10.0. The van der Waals surface area contributed by atoms with Gasteiger partial charge in [0.1, 0.15) is 11.4 Å². The summed E-state index contributed by atoms with van der Waals surface area (Å²) in [5.74, 6) is 0.207. The largest absolute Gasteiger partial charge is 0.494 e. The summed E-state index contributed by atoms with van der Waals surface area (Å²) in [5.41, 5.74) is 3.34. The number of benzene rings is 2. The Kier molecular flexibility index (Phi) is 6.14. The Morgan fingerprint density at radius 3 is 2.18 bits per heavy atom. The number of imide groups is 1. The van der Waals surface area contributed by atoms with E-state index in [1.54, 1.807) is 0 Å². The first-order valence-electron chi connectivity index (χ1n) is 9.72. The smallest absolute Gasteiger partial charge is 0.278 e. The van der Waals surface area contributed by atoms with Gasteiger partial charge in [0, 0.05) is 12.2 Å². The molecule has 1 aliphatic rings. The molecule has 0 saturated carbocycles. The SMILES string of the molecule is CCCOc1ccc(C2=C(Nc3ccc(C)cc3)C(=O)N(CCC)C2=O)cc1. The molecule has 1 heterocycles. The summed E-state index contributed by atoms with van der Waals surface area (Å²) >= 11 is 0. The van der Waals surface area contributed by atoms with Crippen molar-refractivity contribution in [3.8, 4) is 5.75 Å². The number of nitrogens with zero attached hydrogens (tertiary/aromatic N) is 1. The van der Waals surface area contributed by atoms with E-state index >= 15 is 0 Å². The van der Waals surface area contributed by atoms with E-state index in [0.717, 1.165) is 23.4 Å². The van der Waals surface area contributed by atoms with E-state index in [9.17, 15) is 9.59 Å². The summed E-state index contributed by atoms with van der Waals surface area (Å²) in [6, 6.07) is 15.1. The van der Waals surface area contributed by atoms with Crippen LogP contribution < -0.4 is 10.1 Å². The van der Waals surface area contributed by atoms with Crippen LogP contribution in [0.3, 0.4) is 0 Å². The molecule has 146 valence electrons. The van der Waals surface area contributed by atoms with Crippen LogP contribution in [0.2, 0.25) is 0 Å². The topological polar surface area (TPSA) is 58.6 Å². The van der Waals surface area contributed by atoms with Gasteiger partial charge in [0.15, 0.2) is 0 Å². The third-order valence-corrected chi connectivity index (χ3v) is 4.55. The van der Waals surface area contributed by atoms with Crippen LogP contribution in [0, 0.1) is 6.92 Å². The van der Waals surface area contributed by atoms with Gasteiger partial charge < -0.3 is 10.1 Å². The Morgan fingerprint density at radius 2 is 1.57 bits per heavy atom. The second kappa shape index (κ2) is 8.74. The number of carbonyl (C=O) groups excluding carboxylic acids is 2. The first-order chi connectivity index (χ1) is 13.5. The molecule has 5 nitrogen and oxygen atoms in total. The molecular formula is C23H26N2O3. The van der Waals surface area contributed by atoms with E-state index in [2.05, 4.69) is 5.32 Å². The van der Waals surface area contributed by atoms with E-state index in [0.29, 0.717) is 36.4 Å². The van der Waals surface area contributed by atoms with E-state index < -0.39 is 0 Å². The molecule has 2 amide bonds. The van der Waals surface area contributed by atoms with Crippen molar-refractivity contribution >= 4 is 23.1 Å². The predicted octanol–water partition coefficient (Wildman–Crippen LogP) is 4.39. The van der Waals surface area contributed by atoms with Crippen molar-refractivity contribution in [3.63, 3.8) is 0 Å². The summed E-state index contributed by atoms with van der Waals surface area (Å²) in [7, 11) is 0. The maximum Gasteiger partial charge on any atom is 0.278 e. The van der Waals surface area contributed by atoms with Crippen LogP contribution >= 0.6 is 0 Å². The first kappa shape index (κ1) is 19.7. The number of hydrogen-bond acceptors (Lipinski definition) is 4. The standard InChI is InChI=1S/C23H26N2O3/c1-4-14-25-22(26)20(17-8-12-19(13-9-17)28-15-5-2)21(23(25)27)24-18-10-6-16(3)7-11-18/h6-13,24H,4-5,14-15H2,1-3H3. The number of rotatable bonds is 8. The van der Waals surface area contributed by atoms with Crippen LogP contribution in [0.5, 0.6) is 5.75 Å². The van der Waals surface area contributed by atoms with Gasteiger partial charge in [0.2, 0.25) is 0 Å². The van der Waals surface area contributed by atoms with Gasteiger partial charge in [-0.15, -0.1) is 0 Å². The molecule has 5 heteroatoms. The molecular weight excluding hydrogens is 352 g/mol. The summed E-state index contributed by atoms with van der Waals surface area (Å²) in [5, 5.41) is 3.17. The van der Waals surface area contributed by atoms with Crippen molar-refractivity contribution in [1.82, 2.24) is 4.90 Å². The van der Waals surface area contributed by atoms with Gasteiger partial charge in [-0.1, -0.05) is 43.7 Å². The molecule has 0 fully saturated rings. The molecule has 0 spiro atoms. The maximum atomic E-state index is 13.0. The molecule has 0 unspecified atom stereocenters. The average molecular weight is 378 g/mol. The number of amides is 2. The first-order valence-corrected chi connectivity index (χ1v) is 9.72. The van der Waals surface area contributed by atoms with Gasteiger partial charge in [-0.3, -0.25) is 14.5 Å². The molecule has 2 aromatic carbocycles. The van der Waals surface area contributed by atoms with Crippen LogP contribution in [0.15, 0.2) is 54.2 Å². The molecule has 1 N–H and O–H groups in total. The second-order valence-corrected chi connectivity index (χ2v) is 6.88. The molecule has 2 aromatic rings. The Hall–Kier alpha value is -3.08. The van der Waals surface area contributed by atoms with Gasteiger partial charge in [-0.2, -0.15) is 0 Å². The van der Waals surface area contributed by atoms with E-state index in [4.69, 9.17) is 4.74 Å². The highest BCUT2D eigenvalue weighted by Gasteiger charge is 2.38. The summed E-state index contributed by atoms with van der Waals surface area (Å²) in [4.78, 5) is 27.2. The Bertz CT molecular complexity index is 883. The molecule has 1 aliphatic heterocycles. The number of anilines is 1. The highest BCUT2D eigenvalue weighted by atomic mass is 16.5. The van der Waals surface area contributed by atoms with Gasteiger partial charge >= 0.3 is 0 Å². The lowest BCUT2D eigenvalue weighted by Crippen LogP contribution is -2.33. The number of aryl methyl sites for hydroxylation is 1. The molecule has 0 saturated heterocycles. The maximum absolute atomic E-state index is 13.0. The van der Waals surface area contributed by atoms with E-state index in [-0.39, 0.29) is 11.8 Å². The minimum atomic E-state index is -0.284. The van der Waals surface area contributed by atoms with E-state index in [1.807, 2.05) is 69.3 Å². The summed E-state index contributed by atoms with van der Waals surface area (Å²) in [6.45, 7) is 7.05. The molecule has 0 radical (unpaired) electrons. The normalized spacial score (nSPS) is 14.0. The van der Waals surface area contributed by atoms with Gasteiger partial charge in [0.25, 0.3) is 11.8 Å². The van der Waals surface area contributed by atoms with Crippen LogP contribution in [-0.4, -0.2) is 29.9 Å². The summed E-state index contributed by atoms with van der Waals surface area (Å²) in [6.07, 6.45) is 1.64. The average Bonchev–Trinajstić information content (AvgIpc) is 2.93. The lowest BCUT2D eigenvalue weighted by molar-refractivity contribution is -0.136. The van der Waals surface area contributed by atoms with Gasteiger partial charge in [-0.05, 0) is 49.6 Å². The van der Waals surface area contributed by atoms with Crippen LogP contribution in [0.4, 0.5) is 5.69 Å². The Morgan fingerprint density at radius 1 is 0.893 bits per heavy atom. The number of hydrogen-bond donors (Lipinski definition) is 1. The zero-order valence-electron chi connectivity index (χ0n) is 16.6. The Balaban J connectivity index is 1.97. The monoisotopic (exact) mass is 378 g/mol. The van der Waals surface area contributed by atoms with Crippen molar-refractivity contribution in [1.29, 1.82) is 0 Å². The number of nitrogens with one attached hydrogen (secondary N) is 1. The zero-order chi connectivity index (χ0) is 20.1. The number of carbonyl (C=O) groups is 2. The lowest BCUT2D eigenvalue weighted by Gasteiger charge is -2.13. The van der Waals surface area contributed by atoms with Crippen LogP contribution in [0.25, 0.3) is 5.57 Å². The highest BCUT2D eigenvalue weighted by Crippen LogP contribution is 2.31. The van der Waals surface area contributed by atoms with Crippen LogP contribution in [0.1, 0.15) is 37.8 Å². The molecule has 0 aromatic heterocycles. The zero-order valence-corrected chi connectivity index (χ0v) is 16.6.